The lowest BCUT2D eigenvalue weighted by atomic mass is 9.75. The Kier molecular flexibility index (Phi) is 6.44. The SMILES string of the molecule is COc1ccc(OC)c(C(=O)C2CC3CCCC(C2)N3C(=O)OCc2ccccc2)c1. The smallest absolute Gasteiger partial charge is 0.410 e. The average Bonchev–Trinajstić information content (AvgIpc) is 2.81. The fourth-order valence-electron chi connectivity index (χ4n) is 4.91. The maximum Gasteiger partial charge on any atom is 0.410 e. The van der Waals surface area contributed by atoms with E-state index < -0.39 is 0 Å². The number of Topliss-reactive ketones (excluding diaryl/α,β-unsaturated/α-hetero) is 1. The molecule has 2 heterocycles. The molecule has 1 amide bonds. The molecule has 2 bridgehead atoms. The quantitative estimate of drug-likeness (QED) is 0.621. The Hall–Kier alpha value is -3.02. The number of benzene rings is 2. The third kappa shape index (κ3) is 4.53. The molecular formula is C25H29NO5. The van der Waals surface area contributed by atoms with E-state index in [0.717, 1.165) is 24.8 Å². The molecule has 0 spiro atoms. The molecule has 6 heteroatoms. The van der Waals surface area contributed by atoms with Crippen molar-refractivity contribution in [3.8, 4) is 11.5 Å². The van der Waals surface area contributed by atoms with Crippen molar-refractivity contribution in [3.05, 3.63) is 59.7 Å². The minimum atomic E-state index is -0.275. The molecule has 0 saturated carbocycles. The van der Waals surface area contributed by atoms with Crippen LogP contribution in [0.25, 0.3) is 0 Å². The third-order valence-corrected chi connectivity index (χ3v) is 6.43. The summed E-state index contributed by atoms with van der Waals surface area (Å²) in [6.45, 7) is 0.263. The first-order valence-corrected chi connectivity index (χ1v) is 10.9. The Bertz CT molecular complexity index is 915. The number of methoxy groups -OCH3 is 2. The number of ketones is 1. The fraction of sp³-hybridized carbons (Fsp3) is 0.440. The van der Waals surface area contributed by atoms with Gasteiger partial charge in [-0.2, -0.15) is 0 Å². The van der Waals surface area contributed by atoms with Crippen LogP contribution in [0.4, 0.5) is 4.79 Å². The second-order valence-electron chi connectivity index (χ2n) is 8.28. The number of ether oxygens (including phenoxy) is 3. The molecule has 2 fully saturated rings. The fourth-order valence-corrected chi connectivity index (χ4v) is 4.91. The van der Waals surface area contributed by atoms with Crippen molar-refractivity contribution in [2.24, 2.45) is 5.92 Å². The summed E-state index contributed by atoms with van der Waals surface area (Å²) in [5, 5.41) is 0. The Morgan fingerprint density at radius 3 is 2.32 bits per heavy atom. The number of amides is 1. The molecule has 2 unspecified atom stereocenters. The monoisotopic (exact) mass is 423 g/mol. The summed E-state index contributed by atoms with van der Waals surface area (Å²) in [4.78, 5) is 28.2. The highest BCUT2D eigenvalue weighted by Gasteiger charge is 2.44. The number of carbonyl (C=O) groups excluding carboxylic acids is 2. The van der Waals surface area contributed by atoms with Gasteiger partial charge in [0.25, 0.3) is 0 Å². The van der Waals surface area contributed by atoms with E-state index in [-0.39, 0.29) is 36.5 Å². The first-order chi connectivity index (χ1) is 15.1. The number of piperidine rings is 2. The lowest BCUT2D eigenvalue weighted by Gasteiger charge is -2.47. The predicted octanol–water partition coefficient (Wildman–Crippen LogP) is 4.86. The van der Waals surface area contributed by atoms with Crippen LogP contribution in [0.5, 0.6) is 11.5 Å². The summed E-state index contributed by atoms with van der Waals surface area (Å²) in [6.07, 6.45) is 3.89. The average molecular weight is 424 g/mol. The van der Waals surface area contributed by atoms with Crippen LogP contribution in [0, 0.1) is 5.92 Å². The largest absolute Gasteiger partial charge is 0.497 e. The first-order valence-electron chi connectivity index (χ1n) is 10.9. The molecule has 0 aliphatic carbocycles. The summed E-state index contributed by atoms with van der Waals surface area (Å²) >= 11 is 0. The molecule has 2 saturated heterocycles. The van der Waals surface area contributed by atoms with Gasteiger partial charge in [-0.25, -0.2) is 4.79 Å². The highest BCUT2D eigenvalue weighted by atomic mass is 16.6. The van der Waals surface area contributed by atoms with Gasteiger partial charge in [0, 0.05) is 18.0 Å². The van der Waals surface area contributed by atoms with Crippen molar-refractivity contribution in [1.29, 1.82) is 0 Å². The van der Waals surface area contributed by atoms with Crippen LogP contribution >= 0.6 is 0 Å². The van der Waals surface area contributed by atoms with Gasteiger partial charge in [-0.3, -0.25) is 4.79 Å². The molecule has 2 aliphatic rings. The summed E-state index contributed by atoms with van der Waals surface area (Å²) in [7, 11) is 3.15. The van der Waals surface area contributed by atoms with E-state index in [2.05, 4.69) is 0 Å². The van der Waals surface area contributed by atoms with Gasteiger partial charge in [0.1, 0.15) is 18.1 Å². The van der Waals surface area contributed by atoms with E-state index in [9.17, 15) is 9.59 Å². The highest BCUT2D eigenvalue weighted by molar-refractivity contribution is 6.01. The van der Waals surface area contributed by atoms with Gasteiger partial charge in [-0.05, 0) is 55.9 Å². The van der Waals surface area contributed by atoms with Crippen LogP contribution in [-0.4, -0.2) is 43.1 Å². The zero-order chi connectivity index (χ0) is 21.8. The molecule has 2 aromatic carbocycles. The van der Waals surface area contributed by atoms with Gasteiger partial charge in [0.05, 0.1) is 19.8 Å². The molecule has 0 N–H and O–H groups in total. The molecule has 164 valence electrons. The van der Waals surface area contributed by atoms with Crippen LogP contribution in [0.3, 0.4) is 0 Å². The maximum absolute atomic E-state index is 13.4. The number of carbonyl (C=O) groups is 2. The summed E-state index contributed by atoms with van der Waals surface area (Å²) in [5.74, 6) is 1.10. The molecule has 2 aliphatic heterocycles. The molecular weight excluding hydrogens is 394 g/mol. The number of nitrogens with zero attached hydrogens (tertiary/aromatic N) is 1. The maximum atomic E-state index is 13.4. The van der Waals surface area contributed by atoms with E-state index in [1.54, 1.807) is 32.4 Å². The lowest BCUT2D eigenvalue weighted by molar-refractivity contribution is 0.00467. The van der Waals surface area contributed by atoms with Gasteiger partial charge in [0.2, 0.25) is 0 Å². The van der Waals surface area contributed by atoms with Crippen LogP contribution < -0.4 is 9.47 Å². The number of rotatable bonds is 6. The van der Waals surface area contributed by atoms with Crippen LogP contribution in [0.15, 0.2) is 48.5 Å². The minimum absolute atomic E-state index is 0.0290. The van der Waals surface area contributed by atoms with Crippen molar-refractivity contribution < 1.29 is 23.8 Å². The van der Waals surface area contributed by atoms with Crippen LogP contribution in [0.2, 0.25) is 0 Å². The zero-order valence-corrected chi connectivity index (χ0v) is 18.1. The Morgan fingerprint density at radius 2 is 1.68 bits per heavy atom. The molecule has 4 rings (SSSR count). The van der Waals surface area contributed by atoms with E-state index in [1.165, 1.54) is 0 Å². The van der Waals surface area contributed by atoms with Crippen molar-refractivity contribution in [1.82, 2.24) is 4.90 Å². The van der Waals surface area contributed by atoms with Crippen molar-refractivity contribution in [3.63, 3.8) is 0 Å². The Balaban J connectivity index is 1.47. The van der Waals surface area contributed by atoms with Crippen LogP contribution in [0.1, 0.15) is 48.0 Å². The minimum Gasteiger partial charge on any atom is -0.497 e. The molecule has 31 heavy (non-hydrogen) atoms. The van der Waals surface area contributed by atoms with E-state index in [4.69, 9.17) is 14.2 Å². The zero-order valence-electron chi connectivity index (χ0n) is 18.1. The van der Waals surface area contributed by atoms with Gasteiger partial charge >= 0.3 is 6.09 Å². The number of hydrogen-bond donors (Lipinski definition) is 0. The van der Waals surface area contributed by atoms with Crippen molar-refractivity contribution in [2.45, 2.75) is 50.8 Å². The molecule has 0 aromatic heterocycles. The second kappa shape index (κ2) is 9.41. The normalized spacial score (nSPS) is 22.5. The van der Waals surface area contributed by atoms with Crippen LogP contribution in [-0.2, 0) is 11.3 Å². The molecule has 0 radical (unpaired) electrons. The molecule has 6 nitrogen and oxygen atoms in total. The Morgan fingerprint density at radius 1 is 0.968 bits per heavy atom. The second-order valence-corrected chi connectivity index (χ2v) is 8.28. The van der Waals surface area contributed by atoms with Gasteiger partial charge in [0.15, 0.2) is 5.78 Å². The van der Waals surface area contributed by atoms with Gasteiger partial charge in [-0.1, -0.05) is 30.3 Å². The summed E-state index contributed by atoms with van der Waals surface area (Å²) in [6, 6.07) is 15.1. The molecule has 2 atom stereocenters. The van der Waals surface area contributed by atoms with E-state index >= 15 is 0 Å². The number of fused-ring (bicyclic) bond motifs is 2. The topological polar surface area (TPSA) is 65.1 Å². The van der Waals surface area contributed by atoms with E-state index in [1.807, 2.05) is 35.2 Å². The Labute approximate surface area is 183 Å². The molecule has 2 aromatic rings. The van der Waals surface area contributed by atoms with E-state index in [0.29, 0.717) is 29.9 Å². The van der Waals surface area contributed by atoms with Gasteiger partial charge < -0.3 is 19.1 Å². The standard InChI is InChI=1S/C25H29NO5/c1-29-21-11-12-23(30-2)22(15-21)24(27)18-13-19-9-6-10-20(14-18)26(19)25(28)31-16-17-7-4-3-5-8-17/h3-5,7-8,11-12,15,18-20H,6,9-10,13-14,16H2,1-2H3. The van der Waals surface area contributed by atoms with Gasteiger partial charge in [-0.15, -0.1) is 0 Å². The number of hydrogen-bond acceptors (Lipinski definition) is 5. The highest BCUT2D eigenvalue weighted by Crippen LogP contribution is 2.40. The summed E-state index contributed by atoms with van der Waals surface area (Å²) in [5.41, 5.74) is 1.52. The van der Waals surface area contributed by atoms with Crippen molar-refractivity contribution >= 4 is 11.9 Å². The summed E-state index contributed by atoms with van der Waals surface area (Å²) < 4.78 is 16.3. The first kappa shape index (κ1) is 21.2. The predicted molar refractivity (Wildman–Crippen MR) is 116 cm³/mol. The lowest BCUT2D eigenvalue weighted by Crippen LogP contribution is -2.55. The van der Waals surface area contributed by atoms with Crippen molar-refractivity contribution in [2.75, 3.05) is 14.2 Å². The third-order valence-electron chi connectivity index (χ3n) is 6.43.